The van der Waals surface area contributed by atoms with Gasteiger partial charge in [0, 0.05) is 30.8 Å². The molecule has 4 rings (SSSR count). The van der Waals surface area contributed by atoms with Crippen LogP contribution in [0.5, 0.6) is 5.75 Å². The zero-order valence-electron chi connectivity index (χ0n) is 19.2. The number of amides is 2. The zero-order valence-corrected chi connectivity index (χ0v) is 19.2. The summed E-state index contributed by atoms with van der Waals surface area (Å²) < 4.78 is 5.89. The van der Waals surface area contributed by atoms with E-state index in [1.807, 2.05) is 79.7 Å². The standard InChI is InChI=1S/C28H27N3O3/c1-20-6-8-22(9-7-20)17-31-18-24(16-27(31)32)28(33)30-26-5-3-2-4-23(26)19-34-25-12-10-21(11-13-25)14-15-29/h2-13,24H,14,16-19H2,1H3,(H,30,33). The largest absolute Gasteiger partial charge is 0.489 e. The maximum atomic E-state index is 13.0. The van der Waals surface area contributed by atoms with E-state index in [2.05, 4.69) is 11.4 Å². The molecule has 1 aliphatic heterocycles. The highest BCUT2D eigenvalue weighted by atomic mass is 16.5. The first-order chi connectivity index (χ1) is 16.5. The smallest absolute Gasteiger partial charge is 0.229 e. The summed E-state index contributed by atoms with van der Waals surface area (Å²) >= 11 is 0. The predicted octanol–water partition coefficient (Wildman–Crippen LogP) is 4.63. The molecular formula is C28H27N3O3. The Hall–Kier alpha value is -4.11. The molecule has 0 aromatic heterocycles. The minimum atomic E-state index is -0.389. The summed E-state index contributed by atoms with van der Waals surface area (Å²) in [5, 5.41) is 11.8. The third kappa shape index (κ3) is 5.81. The molecule has 3 aromatic carbocycles. The number of carbonyl (C=O) groups is 2. The van der Waals surface area contributed by atoms with Crippen molar-refractivity contribution in [1.82, 2.24) is 4.90 Å². The van der Waals surface area contributed by atoms with Crippen LogP contribution in [0.25, 0.3) is 0 Å². The van der Waals surface area contributed by atoms with Gasteiger partial charge in [0.25, 0.3) is 0 Å². The molecule has 3 aromatic rings. The Bertz CT molecular complexity index is 1200. The van der Waals surface area contributed by atoms with E-state index in [-0.39, 0.29) is 30.8 Å². The van der Waals surface area contributed by atoms with Crippen LogP contribution in [0.2, 0.25) is 0 Å². The first kappa shape index (κ1) is 23.1. The summed E-state index contributed by atoms with van der Waals surface area (Å²) in [4.78, 5) is 27.2. The van der Waals surface area contributed by atoms with E-state index in [0.29, 0.717) is 30.9 Å². The Kier molecular flexibility index (Phi) is 7.24. The Morgan fingerprint density at radius 1 is 1.06 bits per heavy atom. The van der Waals surface area contributed by atoms with Crippen molar-refractivity contribution < 1.29 is 14.3 Å². The minimum Gasteiger partial charge on any atom is -0.489 e. The number of para-hydroxylation sites is 1. The van der Waals surface area contributed by atoms with Crippen LogP contribution >= 0.6 is 0 Å². The van der Waals surface area contributed by atoms with Crippen molar-refractivity contribution in [2.24, 2.45) is 5.92 Å². The number of nitrogens with one attached hydrogen (secondary N) is 1. The predicted molar refractivity (Wildman–Crippen MR) is 130 cm³/mol. The molecule has 34 heavy (non-hydrogen) atoms. The van der Waals surface area contributed by atoms with Crippen molar-refractivity contribution in [2.75, 3.05) is 11.9 Å². The second-order valence-electron chi connectivity index (χ2n) is 8.57. The highest BCUT2D eigenvalue weighted by Crippen LogP contribution is 2.24. The number of likely N-dealkylation sites (tertiary alicyclic amines) is 1. The van der Waals surface area contributed by atoms with E-state index in [0.717, 1.165) is 16.7 Å². The molecule has 0 bridgehead atoms. The molecule has 1 fully saturated rings. The summed E-state index contributed by atoms with van der Waals surface area (Å²) in [5.74, 6) is 0.140. The molecule has 1 unspecified atom stereocenters. The van der Waals surface area contributed by atoms with E-state index < -0.39 is 0 Å². The lowest BCUT2D eigenvalue weighted by molar-refractivity contribution is -0.128. The van der Waals surface area contributed by atoms with Crippen molar-refractivity contribution in [3.05, 3.63) is 95.1 Å². The van der Waals surface area contributed by atoms with Gasteiger partial charge in [-0.2, -0.15) is 5.26 Å². The molecule has 0 radical (unpaired) electrons. The highest BCUT2D eigenvalue weighted by molar-refractivity contribution is 5.97. The average molecular weight is 454 g/mol. The number of hydrogen-bond acceptors (Lipinski definition) is 4. The number of nitriles is 1. The van der Waals surface area contributed by atoms with Gasteiger partial charge in [-0.25, -0.2) is 0 Å². The first-order valence-corrected chi connectivity index (χ1v) is 11.3. The van der Waals surface area contributed by atoms with Crippen molar-refractivity contribution in [1.29, 1.82) is 5.26 Å². The summed E-state index contributed by atoms with van der Waals surface area (Å²) in [5.41, 5.74) is 4.69. The summed E-state index contributed by atoms with van der Waals surface area (Å²) in [6.07, 6.45) is 0.576. The fraction of sp³-hybridized carbons (Fsp3) is 0.250. The van der Waals surface area contributed by atoms with Gasteiger partial charge in [-0.15, -0.1) is 0 Å². The number of rotatable bonds is 8. The lowest BCUT2D eigenvalue weighted by Crippen LogP contribution is -2.28. The van der Waals surface area contributed by atoms with Gasteiger partial charge in [0.2, 0.25) is 11.8 Å². The maximum Gasteiger partial charge on any atom is 0.229 e. The van der Waals surface area contributed by atoms with Crippen LogP contribution in [-0.2, 0) is 29.2 Å². The van der Waals surface area contributed by atoms with Crippen LogP contribution in [0.3, 0.4) is 0 Å². The second-order valence-corrected chi connectivity index (χ2v) is 8.57. The van der Waals surface area contributed by atoms with Gasteiger partial charge in [0.15, 0.2) is 0 Å². The molecule has 2 amide bonds. The van der Waals surface area contributed by atoms with Gasteiger partial charge in [-0.3, -0.25) is 9.59 Å². The first-order valence-electron chi connectivity index (χ1n) is 11.3. The van der Waals surface area contributed by atoms with Crippen LogP contribution < -0.4 is 10.1 Å². The number of benzene rings is 3. The number of aryl methyl sites for hydroxylation is 1. The average Bonchev–Trinajstić information content (AvgIpc) is 3.21. The molecular weight excluding hydrogens is 426 g/mol. The van der Waals surface area contributed by atoms with E-state index in [9.17, 15) is 9.59 Å². The van der Waals surface area contributed by atoms with E-state index >= 15 is 0 Å². The SMILES string of the molecule is Cc1ccc(CN2CC(C(=O)Nc3ccccc3COc3ccc(CC#N)cc3)CC2=O)cc1. The van der Waals surface area contributed by atoms with E-state index in [1.165, 1.54) is 5.56 Å². The lowest BCUT2D eigenvalue weighted by atomic mass is 10.1. The van der Waals surface area contributed by atoms with Gasteiger partial charge < -0.3 is 15.0 Å². The van der Waals surface area contributed by atoms with Gasteiger partial charge >= 0.3 is 0 Å². The maximum absolute atomic E-state index is 13.0. The Balaban J connectivity index is 1.35. The molecule has 6 heteroatoms. The Morgan fingerprint density at radius 3 is 2.50 bits per heavy atom. The monoisotopic (exact) mass is 453 g/mol. The molecule has 172 valence electrons. The fourth-order valence-corrected chi connectivity index (χ4v) is 3.97. The molecule has 6 nitrogen and oxygen atoms in total. The fourth-order valence-electron chi connectivity index (χ4n) is 3.97. The lowest BCUT2D eigenvalue weighted by Gasteiger charge is -2.17. The zero-order chi connectivity index (χ0) is 23.9. The minimum absolute atomic E-state index is 0.00260. The third-order valence-corrected chi connectivity index (χ3v) is 5.96. The quantitative estimate of drug-likeness (QED) is 0.539. The van der Waals surface area contributed by atoms with Crippen molar-refractivity contribution in [2.45, 2.75) is 32.9 Å². The number of carbonyl (C=O) groups excluding carboxylic acids is 2. The molecule has 0 spiro atoms. The Morgan fingerprint density at radius 2 is 1.76 bits per heavy atom. The van der Waals surface area contributed by atoms with Gasteiger partial charge in [0.05, 0.1) is 18.4 Å². The molecule has 1 saturated heterocycles. The molecule has 1 atom stereocenters. The van der Waals surface area contributed by atoms with Crippen molar-refractivity contribution in [3.8, 4) is 11.8 Å². The Labute approximate surface area is 199 Å². The normalized spacial score (nSPS) is 15.1. The van der Waals surface area contributed by atoms with Crippen LogP contribution in [0.4, 0.5) is 5.69 Å². The van der Waals surface area contributed by atoms with E-state index in [4.69, 9.17) is 10.00 Å². The number of nitrogens with zero attached hydrogens (tertiary/aromatic N) is 2. The third-order valence-electron chi connectivity index (χ3n) is 5.96. The summed E-state index contributed by atoms with van der Waals surface area (Å²) in [7, 11) is 0. The van der Waals surface area contributed by atoms with E-state index in [1.54, 1.807) is 4.90 Å². The summed E-state index contributed by atoms with van der Waals surface area (Å²) in [6, 6.07) is 25.1. The van der Waals surface area contributed by atoms with Crippen LogP contribution in [-0.4, -0.2) is 23.3 Å². The molecule has 1 aliphatic rings. The van der Waals surface area contributed by atoms with Crippen LogP contribution in [0.1, 0.15) is 28.7 Å². The molecule has 1 N–H and O–H groups in total. The molecule has 0 aliphatic carbocycles. The number of anilines is 1. The van der Waals surface area contributed by atoms with Gasteiger partial charge in [-0.05, 0) is 36.2 Å². The summed E-state index contributed by atoms with van der Waals surface area (Å²) in [6.45, 7) is 3.24. The highest BCUT2D eigenvalue weighted by Gasteiger charge is 2.34. The van der Waals surface area contributed by atoms with Crippen molar-refractivity contribution in [3.63, 3.8) is 0 Å². The second kappa shape index (κ2) is 10.7. The van der Waals surface area contributed by atoms with Crippen LogP contribution in [0, 0.1) is 24.2 Å². The molecule has 0 saturated carbocycles. The number of ether oxygens (including phenoxy) is 1. The number of hydrogen-bond donors (Lipinski definition) is 1. The van der Waals surface area contributed by atoms with Crippen molar-refractivity contribution >= 4 is 17.5 Å². The topological polar surface area (TPSA) is 82.4 Å². The van der Waals surface area contributed by atoms with Crippen LogP contribution in [0.15, 0.2) is 72.8 Å². The molecule has 1 heterocycles. The van der Waals surface area contributed by atoms with Gasteiger partial charge in [-0.1, -0.05) is 60.2 Å². The van der Waals surface area contributed by atoms with Gasteiger partial charge in [0.1, 0.15) is 12.4 Å².